The molecular weight excluding hydrogens is 639 g/mol. The molecule has 0 saturated heterocycles. The van der Waals surface area contributed by atoms with Gasteiger partial charge in [-0.2, -0.15) is 0 Å². The molecule has 0 aromatic heterocycles. The van der Waals surface area contributed by atoms with Crippen LogP contribution in [0.4, 0.5) is 17.1 Å². The fourth-order valence-corrected chi connectivity index (χ4v) is 11.0. The molecule has 10 rings (SSSR count). The van der Waals surface area contributed by atoms with Gasteiger partial charge in [0.25, 0.3) is 0 Å². The molecule has 3 saturated carbocycles. The number of hydrogen-bond acceptors (Lipinski definition) is 1. The summed E-state index contributed by atoms with van der Waals surface area (Å²) in [6, 6.07) is 53.5. The van der Waals surface area contributed by atoms with Crippen LogP contribution >= 0.6 is 0 Å². The normalized spacial score (nSPS) is 21.4. The number of rotatable bonds is 7. The van der Waals surface area contributed by atoms with E-state index in [2.05, 4.69) is 158 Å². The van der Waals surface area contributed by atoms with Gasteiger partial charge in [0.1, 0.15) is 0 Å². The van der Waals surface area contributed by atoms with Crippen LogP contribution in [0.5, 0.6) is 0 Å². The minimum atomic E-state index is -0.0973. The first kappa shape index (κ1) is 32.7. The van der Waals surface area contributed by atoms with Gasteiger partial charge in [0.2, 0.25) is 0 Å². The first-order valence-electron chi connectivity index (χ1n) is 20.5. The van der Waals surface area contributed by atoms with Crippen molar-refractivity contribution in [1.82, 2.24) is 0 Å². The Morgan fingerprint density at radius 1 is 0.509 bits per heavy atom. The van der Waals surface area contributed by atoms with E-state index in [4.69, 9.17) is 0 Å². The molecule has 6 aromatic carbocycles. The van der Waals surface area contributed by atoms with Crippen molar-refractivity contribution in [1.29, 1.82) is 0 Å². The summed E-state index contributed by atoms with van der Waals surface area (Å²) in [6.07, 6.45) is 12.3. The number of nitrogens with zero attached hydrogens (tertiary/aromatic N) is 1. The summed E-state index contributed by atoms with van der Waals surface area (Å²) in [5.41, 5.74) is 17.4. The van der Waals surface area contributed by atoms with Gasteiger partial charge in [0.05, 0.1) is 5.69 Å². The van der Waals surface area contributed by atoms with Crippen LogP contribution in [-0.4, -0.2) is 0 Å². The van der Waals surface area contributed by atoms with E-state index >= 15 is 0 Å². The average molecular weight is 690 g/mol. The lowest BCUT2D eigenvalue weighted by atomic mass is 9.81. The number of hydrogen-bond donors (Lipinski definition) is 0. The van der Waals surface area contributed by atoms with Crippen LogP contribution in [0.2, 0.25) is 0 Å². The zero-order valence-corrected chi connectivity index (χ0v) is 31.4. The highest BCUT2D eigenvalue weighted by Gasteiger charge is 2.40. The summed E-state index contributed by atoms with van der Waals surface area (Å²) in [6.45, 7) is 4.80. The predicted molar refractivity (Wildman–Crippen MR) is 224 cm³/mol. The van der Waals surface area contributed by atoms with Crippen LogP contribution in [0.25, 0.3) is 33.4 Å². The Bertz CT molecular complexity index is 2250. The Kier molecular flexibility index (Phi) is 8.16. The molecule has 4 aliphatic rings. The van der Waals surface area contributed by atoms with Gasteiger partial charge >= 0.3 is 0 Å². The van der Waals surface area contributed by atoms with Crippen molar-refractivity contribution in [2.45, 2.75) is 88.9 Å². The maximum absolute atomic E-state index is 2.54. The quantitative estimate of drug-likeness (QED) is 0.161. The highest BCUT2D eigenvalue weighted by molar-refractivity contribution is 5.95. The molecule has 0 spiro atoms. The molecule has 1 heteroatoms. The van der Waals surface area contributed by atoms with Crippen LogP contribution in [0, 0.1) is 11.8 Å². The van der Waals surface area contributed by atoms with Crippen LogP contribution in [-0.2, 0) is 5.41 Å². The SMILES string of the molecule is CC1(C)c2ccccc2-c2cc(-c3ccccc3)c(N(c3ccc(-c4ccccc4C4CCCCC4)cc3)c3ccc(C4CC5CCC4C5)cc3)cc21. The third kappa shape index (κ3) is 5.67. The van der Waals surface area contributed by atoms with Crippen molar-refractivity contribution in [2.75, 3.05) is 4.90 Å². The minimum absolute atomic E-state index is 0.0973. The summed E-state index contributed by atoms with van der Waals surface area (Å²) >= 11 is 0. The zero-order chi connectivity index (χ0) is 35.5. The standard InChI is InChI=1S/C52H51N/c1-52(2)49-20-12-11-19-45(49)48-33-47(37-15-7-4-8-16-37)51(34-50(48)52)53(42-29-25-39(26-30-42)46-32-35-21-22-40(46)31-35)41-27-23-38(24-28-41)44-18-10-9-17-43(44)36-13-5-3-6-14-36/h4,7-12,15-20,23-30,33-36,40,46H,3,5-6,13-14,21-22,31-32H2,1-2H3. The summed E-state index contributed by atoms with van der Waals surface area (Å²) in [5.74, 6) is 3.20. The fraction of sp³-hybridized carbons (Fsp3) is 0.308. The molecule has 3 fully saturated rings. The molecule has 0 heterocycles. The molecule has 0 amide bonds. The Labute approximate surface area is 316 Å². The first-order chi connectivity index (χ1) is 26.0. The van der Waals surface area contributed by atoms with Crippen molar-refractivity contribution in [2.24, 2.45) is 11.8 Å². The van der Waals surface area contributed by atoms with Crippen molar-refractivity contribution >= 4 is 17.1 Å². The second kappa shape index (κ2) is 13.2. The van der Waals surface area contributed by atoms with Gasteiger partial charge in [-0.3, -0.25) is 0 Å². The average Bonchev–Trinajstić information content (AvgIpc) is 3.92. The highest BCUT2D eigenvalue weighted by Crippen LogP contribution is 2.55. The maximum Gasteiger partial charge on any atom is 0.0543 e. The molecule has 53 heavy (non-hydrogen) atoms. The first-order valence-corrected chi connectivity index (χ1v) is 20.5. The Hall–Kier alpha value is -4.88. The molecule has 6 aromatic rings. The van der Waals surface area contributed by atoms with Gasteiger partial charge in [-0.25, -0.2) is 0 Å². The molecule has 264 valence electrons. The Balaban J connectivity index is 1.13. The van der Waals surface area contributed by atoms with E-state index in [0.717, 1.165) is 17.8 Å². The molecule has 0 aliphatic heterocycles. The van der Waals surface area contributed by atoms with Crippen molar-refractivity contribution in [3.63, 3.8) is 0 Å². The zero-order valence-electron chi connectivity index (χ0n) is 31.4. The molecule has 0 N–H and O–H groups in total. The van der Waals surface area contributed by atoms with Gasteiger partial charge in [-0.1, -0.05) is 143 Å². The lowest BCUT2D eigenvalue weighted by molar-refractivity contribution is 0.420. The van der Waals surface area contributed by atoms with Crippen LogP contribution in [0.15, 0.2) is 140 Å². The van der Waals surface area contributed by atoms with Crippen molar-refractivity contribution in [3.05, 3.63) is 162 Å². The number of anilines is 3. The lowest BCUT2D eigenvalue weighted by Gasteiger charge is -2.31. The second-order valence-corrected chi connectivity index (χ2v) is 17.1. The maximum atomic E-state index is 2.54. The third-order valence-electron chi connectivity index (χ3n) is 13.8. The third-order valence-corrected chi connectivity index (χ3v) is 13.8. The van der Waals surface area contributed by atoms with Gasteiger partial charge in [0, 0.05) is 22.4 Å². The predicted octanol–water partition coefficient (Wildman–Crippen LogP) is 14.7. The van der Waals surface area contributed by atoms with Crippen molar-refractivity contribution < 1.29 is 0 Å². The number of fused-ring (bicyclic) bond motifs is 5. The Morgan fingerprint density at radius 3 is 1.89 bits per heavy atom. The molecular formula is C52H51N. The van der Waals surface area contributed by atoms with Crippen LogP contribution in [0.1, 0.15) is 106 Å². The van der Waals surface area contributed by atoms with Crippen LogP contribution in [0.3, 0.4) is 0 Å². The summed E-state index contributed by atoms with van der Waals surface area (Å²) in [5, 5.41) is 0. The number of benzene rings is 6. The molecule has 2 bridgehead atoms. The topological polar surface area (TPSA) is 3.24 Å². The van der Waals surface area contributed by atoms with Gasteiger partial charge in [-0.15, -0.1) is 0 Å². The molecule has 3 unspecified atom stereocenters. The van der Waals surface area contributed by atoms with Gasteiger partial charge in [0.15, 0.2) is 0 Å². The van der Waals surface area contributed by atoms with E-state index in [9.17, 15) is 0 Å². The fourth-order valence-electron chi connectivity index (χ4n) is 11.0. The summed E-state index contributed by atoms with van der Waals surface area (Å²) < 4.78 is 0. The summed E-state index contributed by atoms with van der Waals surface area (Å²) in [7, 11) is 0. The minimum Gasteiger partial charge on any atom is -0.310 e. The van der Waals surface area contributed by atoms with E-state index < -0.39 is 0 Å². The largest absolute Gasteiger partial charge is 0.310 e. The van der Waals surface area contributed by atoms with Gasteiger partial charge in [-0.05, 0) is 142 Å². The smallest absolute Gasteiger partial charge is 0.0543 e. The Morgan fingerprint density at radius 2 is 1.17 bits per heavy atom. The van der Waals surface area contributed by atoms with E-state index in [1.807, 2.05) is 0 Å². The highest BCUT2D eigenvalue weighted by atomic mass is 15.1. The van der Waals surface area contributed by atoms with Crippen molar-refractivity contribution in [3.8, 4) is 33.4 Å². The van der Waals surface area contributed by atoms with E-state index in [-0.39, 0.29) is 5.41 Å². The summed E-state index contributed by atoms with van der Waals surface area (Å²) in [4.78, 5) is 2.54. The van der Waals surface area contributed by atoms with E-state index in [1.165, 1.54) is 130 Å². The monoisotopic (exact) mass is 689 g/mol. The van der Waals surface area contributed by atoms with E-state index in [0.29, 0.717) is 5.92 Å². The molecule has 1 nitrogen and oxygen atoms in total. The van der Waals surface area contributed by atoms with Crippen LogP contribution < -0.4 is 4.90 Å². The van der Waals surface area contributed by atoms with Gasteiger partial charge < -0.3 is 4.90 Å². The molecule has 3 atom stereocenters. The second-order valence-electron chi connectivity index (χ2n) is 17.1. The lowest BCUT2D eigenvalue weighted by Crippen LogP contribution is -2.17. The molecule has 0 radical (unpaired) electrons. The van der Waals surface area contributed by atoms with E-state index in [1.54, 1.807) is 0 Å². The molecule has 4 aliphatic carbocycles.